The van der Waals surface area contributed by atoms with Gasteiger partial charge in [-0.15, -0.1) is 0 Å². The maximum Gasteiger partial charge on any atom is 0.338 e. The van der Waals surface area contributed by atoms with Crippen LogP contribution in [0.15, 0.2) is 24.3 Å². The Kier molecular flexibility index (Phi) is 8.59. The highest BCUT2D eigenvalue weighted by molar-refractivity contribution is 5.89. The van der Waals surface area contributed by atoms with Crippen molar-refractivity contribution in [2.24, 2.45) is 52.3 Å². The third-order valence-electron chi connectivity index (χ3n) is 12.7. The Morgan fingerprint density at radius 1 is 0.897 bits per heavy atom. The SMILES string of the molecule is COC1CC2C3CCC(C(C)CCCC(C)C)C3(C)CCC2C2(C)CCC(OC(=O)c3ccc(C)cc3)CC12. The van der Waals surface area contributed by atoms with Gasteiger partial charge in [-0.25, -0.2) is 4.79 Å². The van der Waals surface area contributed by atoms with Crippen LogP contribution in [-0.2, 0) is 9.47 Å². The first-order valence-corrected chi connectivity index (χ1v) is 16.4. The highest BCUT2D eigenvalue weighted by Gasteiger charge is 2.62. The second-order valence-corrected chi connectivity index (χ2v) is 15.2. The second kappa shape index (κ2) is 11.5. The Morgan fingerprint density at radius 2 is 1.59 bits per heavy atom. The zero-order chi connectivity index (χ0) is 27.9. The summed E-state index contributed by atoms with van der Waals surface area (Å²) < 4.78 is 12.4. The summed E-state index contributed by atoms with van der Waals surface area (Å²) in [5, 5.41) is 0. The molecule has 0 spiro atoms. The number of esters is 1. The number of hydrogen-bond acceptors (Lipinski definition) is 3. The van der Waals surface area contributed by atoms with Crippen molar-refractivity contribution in [1.82, 2.24) is 0 Å². The van der Waals surface area contributed by atoms with Crippen molar-refractivity contribution in [2.75, 3.05) is 7.11 Å². The van der Waals surface area contributed by atoms with E-state index in [1.807, 2.05) is 38.3 Å². The van der Waals surface area contributed by atoms with E-state index in [9.17, 15) is 4.79 Å². The second-order valence-electron chi connectivity index (χ2n) is 15.2. The first-order valence-electron chi connectivity index (χ1n) is 16.4. The molecule has 4 fully saturated rings. The first-order chi connectivity index (χ1) is 18.6. The van der Waals surface area contributed by atoms with E-state index in [4.69, 9.17) is 9.47 Å². The number of fused-ring (bicyclic) bond motifs is 5. The topological polar surface area (TPSA) is 35.5 Å². The van der Waals surface area contributed by atoms with Crippen LogP contribution in [0, 0.1) is 59.2 Å². The van der Waals surface area contributed by atoms with E-state index in [0.29, 0.717) is 22.3 Å². The summed E-state index contributed by atoms with van der Waals surface area (Å²) >= 11 is 0. The number of rotatable bonds is 8. The zero-order valence-electron chi connectivity index (χ0n) is 26.0. The Morgan fingerprint density at radius 3 is 2.28 bits per heavy atom. The number of aryl methyl sites for hydroxylation is 1. The van der Waals surface area contributed by atoms with Gasteiger partial charge in [-0.3, -0.25) is 0 Å². The number of methoxy groups -OCH3 is 1. The molecule has 0 N–H and O–H groups in total. The van der Waals surface area contributed by atoms with Crippen molar-refractivity contribution in [1.29, 1.82) is 0 Å². The largest absolute Gasteiger partial charge is 0.459 e. The molecule has 10 unspecified atom stereocenters. The van der Waals surface area contributed by atoms with Gasteiger partial charge < -0.3 is 9.47 Å². The lowest BCUT2D eigenvalue weighted by atomic mass is 9.43. The smallest absolute Gasteiger partial charge is 0.338 e. The van der Waals surface area contributed by atoms with Gasteiger partial charge in [-0.1, -0.05) is 71.6 Å². The van der Waals surface area contributed by atoms with Gasteiger partial charge in [-0.05, 0) is 123 Å². The lowest BCUT2D eigenvalue weighted by molar-refractivity contribution is -0.180. The average Bonchev–Trinajstić information content (AvgIpc) is 3.26. The number of benzene rings is 1. The number of carbonyl (C=O) groups excluding carboxylic acids is 1. The third-order valence-corrected chi connectivity index (χ3v) is 12.7. The Labute approximate surface area is 239 Å². The summed E-state index contributed by atoms with van der Waals surface area (Å²) in [5.41, 5.74) is 2.62. The molecule has 4 aliphatic carbocycles. The maximum absolute atomic E-state index is 12.9. The predicted octanol–water partition coefficient (Wildman–Crippen LogP) is 9.27. The summed E-state index contributed by atoms with van der Waals surface area (Å²) in [4.78, 5) is 12.9. The summed E-state index contributed by atoms with van der Waals surface area (Å²) in [7, 11) is 1.93. The Balaban J connectivity index is 1.28. The average molecular weight is 537 g/mol. The van der Waals surface area contributed by atoms with E-state index < -0.39 is 0 Å². The molecule has 0 saturated heterocycles. The molecule has 4 saturated carbocycles. The molecular weight excluding hydrogens is 480 g/mol. The van der Waals surface area contributed by atoms with Crippen molar-refractivity contribution in [2.45, 2.75) is 124 Å². The molecule has 10 atom stereocenters. The van der Waals surface area contributed by atoms with Gasteiger partial charge in [0.2, 0.25) is 0 Å². The van der Waals surface area contributed by atoms with Crippen LogP contribution in [-0.4, -0.2) is 25.3 Å². The van der Waals surface area contributed by atoms with E-state index in [1.165, 1.54) is 51.4 Å². The van der Waals surface area contributed by atoms with Gasteiger partial charge in [-0.2, -0.15) is 0 Å². The number of ether oxygens (including phenoxy) is 2. The van der Waals surface area contributed by atoms with Gasteiger partial charge in [0.25, 0.3) is 0 Å². The monoisotopic (exact) mass is 536 g/mol. The fraction of sp³-hybridized carbons (Fsp3) is 0.806. The van der Waals surface area contributed by atoms with E-state index in [0.717, 1.165) is 60.3 Å². The van der Waals surface area contributed by atoms with E-state index in [1.54, 1.807) is 0 Å². The molecule has 3 nitrogen and oxygen atoms in total. The van der Waals surface area contributed by atoms with Crippen molar-refractivity contribution >= 4 is 5.97 Å². The third kappa shape index (κ3) is 5.47. The van der Waals surface area contributed by atoms with Crippen LogP contribution in [0.25, 0.3) is 0 Å². The lowest BCUT2D eigenvalue weighted by Gasteiger charge is -2.63. The van der Waals surface area contributed by atoms with E-state index in [2.05, 4.69) is 34.6 Å². The molecule has 0 radical (unpaired) electrons. The molecule has 218 valence electrons. The quantitative estimate of drug-likeness (QED) is 0.311. The molecule has 0 heterocycles. The molecule has 0 aliphatic heterocycles. The molecule has 4 aliphatic rings. The van der Waals surface area contributed by atoms with Crippen LogP contribution in [0.2, 0.25) is 0 Å². The number of hydrogen-bond donors (Lipinski definition) is 0. The molecule has 0 aromatic heterocycles. The van der Waals surface area contributed by atoms with Gasteiger partial charge in [0.15, 0.2) is 0 Å². The lowest BCUT2D eigenvalue weighted by Crippen LogP contribution is -2.59. The van der Waals surface area contributed by atoms with Gasteiger partial charge in [0.1, 0.15) is 6.10 Å². The van der Waals surface area contributed by atoms with Crippen molar-refractivity contribution in [3.05, 3.63) is 35.4 Å². The van der Waals surface area contributed by atoms with E-state index in [-0.39, 0.29) is 18.2 Å². The highest BCUT2D eigenvalue weighted by Crippen LogP contribution is 2.68. The standard InChI is InChI=1S/C36H56O3/c1-23(2)9-8-10-25(4)29-15-16-30-28-22-33(38-7)32-21-27(39-34(37)26-13-11-24(3)12-14-26)17-19-36(32,6)31(28)18-20-35(29,30)5/h11-14,23,25,27-33H,8-10,15-22H2,1-7H3. The first kappa shape index (κ1) is 29.2. The van der Waals surface area contributed by atoms with Crippen molar-refractivity contribution < 1.29 is 14.3 Å². The van der Waals surface area contributed by atoms with Gasteiger partial charge >= 0.3 is 5.97 Å². The van der Waals surface area contributed by atoms with Crippen LogP contribution in [0.5, 0.6) is 0 Å². The maximum atomic E-state index is 12.9. The van der Waals surface area contributed by atoms with Gasteiger partial charge in [0.05, 0.1) is 11.7 Å². The summed E-state index contributed by atoms with van der Waals surface area (Å²) in [6.07, 6.45) is 14.4. The highest BCUT2D eigenvalue weighted by atomic mass is 16.5. The fourth-order valence-electron chi connectivity index (χ4n) is 10.5. The summed E-state index contributed by atoms with van der Waals surface area (Å²) in [5.74, 6) is 5.29. The van der Waals surface area contributed by atoms with Crippen LogP contribution >= 0.6 is 0 Å². The summed E-state index contributed by atoms with van der Waals surface area (Å²) in [6, 6.07) is 7.78. The number of carbonyl (C=O) groups is 1. The van der Waals surface area contributed by atoms with Crippen molar-refractivity contribution in [3.63, 3.8) is 0 Å². The minimum absolute atomic E-state index is 0.00230. The molecule has 1 aromatic rings. The zero-order valence-corrected chi connectivity index (χ0v) is 26.0. The molecule has 3 heteroatoms. The molecular formula is C36H56O3. The van der Waals surface area contributed by atoms with Crippen LogP contribution < -0.4 is 0 Å². The van der Waals surface area contributed by atoms with Crippen LogP contribution in [0.1, 0.15) is 121 Å². The molecule has 39 heavy (non-hydrogen) atoms. The Hall–Kier alpha value is -1.35. The predicted molar refractivity (Wildman–Crippen MR) is 160 cm³/mol. The molecule has 1 aromatic carbocycles. The fourth-order valence-corrected chi connectivity index (χ4v) is 10.5. The van der Waals surface area contributed by atoms with Crippen molar-refractivity contribution in [3.8, 4) is 0 Å². The normalized spacial score (nSPS) is 40.5. The summed E-state index contributed by atoms with van der Waals surface area (Å²) in [6.45, 7) is 14.6. The molecule has 5 rings (SSSR count). The van der Waals surface area contributed by atoms with Crippen LogP contribution in [0.3, 0.4) is 0 Å². The minimum atomic E-state index is -0.167. The minimum Gasteiger partial charge on any atom is -0.459 e. The van der Waals surface area contributed by atoms with E-state index >= 15 is 0 Å². The van der Waals surface area contributed by atoms with Crippen LogP contribution in [0.4, 0.5) is 0 Å². The Bertz CT molecular complexity index is 984. The molecule has 0 amide bonds. The molecule has 0 bridgehead atoms. The van der Waals surface area contributed by atoms with Gasteiger partial charge in [0, 0.05) is 7.11 Å².